The van der Waals surface area contributed by atoms with Crippen LogP contribution in [0.4, 0.5) is 5.69 Å². The number of ether oxygens (including phenoxy) is 1. The van der Waals surface area contributed by atoms with Crippen LogP contribution >= 0.6 is 0 Å². The van der Waals surface area contributed by atoms with Gasteiger partial charge in [0, 0.05) is 25.2 Å². The van der Waals surface area contributed by atoms with Gasteiger partial charge in [-0.2, -0.15) is 0 Å². The maximum absolute atomic E-state index is 9.58. The van der Waals surface area contributed by atoms with Gasteiger partial charge in [0.25, 0.3) is 0 Å². The third-order valence-corrected chi connectivity index (χ3v) is 3.25. The Hall–Kier alpha value is -1.22. The second-order valence-corrected chi connectivity index (χ2v) is 4.74. The van der Waals surface area contributed by atoms with Crippen LogP contribution in [0.2, 0.25) is 0 Å². The number of methoxy groups -OCH3 is 1. The Labute approximate surface area is 103 Å². The van der Waals surface area contributed by atoms with E-state index >= 15 is 0 Å². The second-order valence-electron chi connectivity index (χ2n) is 4.74. The van der Waals surface area contributed by atoms with E-state index in [1.807, 2.05) is 19.1 Å². The highest BCUT2D eigenvalue weighted by Gasteiger charge is 2.17. The number of aliphatic hydroxyl groups is 1. The zero-order valence-electron chi connectivity index (χ0n) is 10.6. The molecule has 0 aliphatic carbocycles. The van der Waals surface area contributed by atoms with Crippen LogP contribution < -0.4 is 9.64 Å². The Balaban J connectivity index is 2.28. The van der Waals surface area contributed by atoms with E-state index in [0.29, 0.717) is 6.42 Å². The van der Waals surface area contributed by atoms with Gasteiger partial charge in [-0.15, -0.1) is 0 Å². The Morgan fingerprint density at radius 3 is 2.65 bits per heavy atom. The molecule has 1 aromatic rings. The molecule has 1 aromatic carbocycles. The van der Waals surface area contributed by atoms with E-state index in [1.165, 1.54) is 24.1 Å². The van der Waals surface area contributed by atoms with Gasteiger partial charge in [-0.3, -0.25) is 0 Å². The smallest absolute Gasteiger partial charge is 0.119 e. The molecule has 3 nitrogen and oxygen atoms in total. The van der Waals surface area contributed by atoms with Crippen molar-refractivity contribution in [3.63, 3.8) is 0 Å². The Kier molecular flexibility index (Phi) is 3.89. The molecule has 0 bridgehead atoms. The maximum atomic E-state index is 9.58. The minimum Gasteiger partial charge on any atom is -0.497 e. The molecule has 1 heterocycles. The van der Waals surface area contributed by atoms with Crippen molar-refractivity contribution in [2.75, 3.05) is 25.1 Å². The van der Waals surface area contributed by atoms with Gasteiger partial charge >= 0.3 is 0 Å². The van der Waals surface area contributed by atoms with Crippen LogP contribution in [0, 0.1) is 0 Å². The molecule has 0 radical (unpaired) electrons. The summed E-state index contributed by atoms with van der Waals surface area (Å²) in [5.41, 5.74) is 2.44. The standard InChI is InChI=1S/C14H21NO2/c1-11(16)9-12-10-13(17-2)5-6-14(12)15-7-3-4-8-15/h5-6,10-11,16H,3-4,7-9H2,1-2H3. The SMILES string of the molecule is COc1ccc(N2CCCC2)c(CC(C)O)c1. The van der Waals surface area contributed by atoms with E-state index in [2.05, 4.69) is 11.0 Å². The van der Waals surface area contributed by atoms with E-state index in [1.54, 1.807) is 7.11 Å². The zero-order valence-corrected chi connectivity index (χ0v) is 10.6. The van der Waals surface area contributed by atoms with Gasteiger partial charge < -0.3 is 14.7 Å². The lowest BCUT2D eigenvalue weighted by Gasteiger charge is -2.22. The largest absolute Gasteiger partial charge is 0.497 e. The third-order valence-electron chi connectivity index (χ3n) is 3.25. The van der Waals surface area contributed by atoms with Crippen molar-refractivity contribution in [1.82, 2.24) is 0 Å². The first-order chi connectivity index (χ1) is 8.20. The van der Waals surface area contributed by atoms with Crippen LogP contribution in [-0.2, 0) is 6.42 Å². The molecule has 3 heteroatoms. The van der Waals surface area contributed by atoms with Crippen LogP contribution in [0.15, 0.2) is 18.2 Å². The fraction of sp³-hybridized carbons (Fsp3) is 0.571. The highest BCUT2D eigenvalue weighted by molar-refractivity contribution is 5.57. The zero-order chi connectivity index (χ0) is 12.3. The fourth-order valence-corrected chi connectivity index (χ4v) is 2.44. The third kappa shape index (κ3) is 2.91. The Bertz CT molecular complexity index is 370. The number of aliphatic hydroxyl groups excluding tert-OH is 1. The highest BCUT2D eigenvalue weighted by Crippen LogP contribution is 2.29. The minimum absolute atomic E-state index is 0.316. The molecule has 94 valence electrons. The molecule has 1 aliphatic rings. The molecule has 0 amide bonds. The molecule has 2 rings (SSSR count). The summed E-state index contributed by atoms with van der Waals surface area (Å²) in [7, 11) is 1.68. The lowest BCUT2D eigenvalue weighted by Crippen LogP contribution is -2.20. The van der Waals surface area contributed by atoms with Crippen LogP contribution in [0.3, 0.4) is 0 Å². The monoisotopic (exact) mass is 235 g/mol. The van der Waals surface area contributed by atoms with E-state index in [9.17, 15) is 5.11 Å². The lowest BCUT2D eigenvalue weighted by atomic mass is 10.1. The van der Waals surface area contributed by atoms with Gasteiger partial charge in [-0.05, 0) is 43.5 Å². The molecule has 1 N–H and O–H groups in total. The molecule has 0 saturated carbocycles. The number of hydrogen-bond donors (Lipinski definition) is 1. The van der Waals surface area contributed by atoms with Crippen molar-refractivity contribution in [2.45, 2.75) is 32.3 Å². The van der Waals surface area contributed by atoms with Gasteiger partial charge in [-0.1, -0.05) is 0 Å². The Morgan fingerprint density at radius 1 is 1.35 bits per heavy atom. The molecular weight excluding hydrogens is 214 g/mol. The average Bonchev–Trinajstić information content (AvgIpc) is 2.81. The van der Waals surface area contributed by atoms with E-state index in [-0.39, 0.29) is 6.10 Å². The first-order valence-corrected chi connectivity index (χ1v) is 6.30. The Morgan fingerprint density at radius 2 is 2.06 bits per heavy atom. The molecular formula is C14H21NO2. The highest BCUT2D eigenvalue weighted by atomic mass is 16.5. The first kappa shape index (κ1) is 12.2. The van der Waals surface area contributed by atoms with Crippen LogP contribution in [0.25, 0.3) is 0 Å². The molecule has 1 fully saturated rings. The predicted molar refractivity (Wildman–Crippen MR) is 69.8 cm³/mol. The molecule has 17 heavy (non-hydrogen) atoms. The van der Waals surface area contributed by atoms with Crippen molar-refractivity contribution in [3.05, 3.63) is 23.8 Å². The van der Waals surface area contributed by atoms with Gasteiger partial charge in [0.15, 0.2) is 0 Å². The van der Waals surface area contributed by atoms with Gasteiger partial charge in [0.05, 0.1) is 13.2 Å². The van der Waals surface area contributed by atoms with Crippen molar-refractivity contribution >= 4 is 5.69 Å². The number of rotatable bonds is 4. The van der Waals surface area contributed by atoms with Crippen molar-refractivity contribution in [1.29, 1.82) is 0 Å². The summed E-state index contributed by atoms with van der Waals surface area (Å²) in [6, 6.07) is 6.15. The first-order valence-electron chi connectivity index (χ1n) is 6.30. The maximum Gasteiger partial charge on any atom is 0.119 e. The average molecular weight is 235 g/mol. The van der Waals surface area contributed by atoms with E-state index in [0.717, 1.165) is 18.8 Å². The minimum atomic E-state index is -0.316. The molecule has 1 aliphatic heterocycles. The van der Waals surface area contributed by atoms with Crippen molar-refractivity contribution < 1.29 is 9.84 Å². The number of nitrogens with zero attached hydrogens (tertiary/aromatic N) is 1. The van der Waals surface area contributed by atoms with Crippen LogP contribution in [0.1, 0.15) is 25.3 Å². The number of hydrogen-bond acceptors (Lipinski definition) is 3. The topological polar surface area (TPSA) is 32.7 Å². The summed E-state index contributed by atoms with van der Waals surface area (Å²) >= 11 is 0. The molecule has 0 aromatic heterocycles. The molecule has 1 saturated heterocycles. The summed E-state index contributed by atoms with van der Waals surface area (Å²) in [5, 5.41) is 9.58. The molecule has 1 unspecified atom stereocenters. The van der Waals surface area contributed by atoms with Crippen molar-refractivity contribution in [2.24, 2.45) is 0 Å². The molecule has 1 atom stereocenters. The normalized spacial score (nSPS) is 17.2. The van der Waals surface area contributed by atoms with Gasteiger partial charge in [0.1, 0.15) is 5.75 Å². The summed E-state index contributed by atoms with van der Waals surface area (Å²) in [6.45, 7) is 4.07. The molecule has 0 spiro atoms. The number of anilines is 1. The summed E-state index contributed by atoms with van der Waals surface area (Å²) in [6.07, 6.45) is 2.90. The van der Waals surface area contributed by atoms with E-state index in [4.69, 9.17) is 4.74 Å². The van der Waals surface area contributed by atoms with Crippen molar-refractivity contribution in [3.8, 4) is 5.75 Å². The summed E-state index contributed by atoms with van der Waals surface area (Å²) in [4.78, 5) is 2.40. The van der Waals surface area contributed by atoms with E-state index < -0.39 is 0 Å². The summed E-state index contributed by atoms with van der Waals surface area (Å²) < 4.78 is 5.25. The predicted octanol–water partition coefficient (Wildman–Crippen LogP) is 2.22. The van der Waals surface area contributed by atoms with Gasteiger partial charge in [-0.25, -0.2) is 0 Å². The van der Waals surface area contributed by atoms with Crippen LogP contribution in [0.5, 0.6) is 5.75 Å². The number of benzene rings is 1. The fourth-order valence-electron chi connectivity index (χ4n) is 2.44. The second kappa shape index (κ2) is 5.41. The lowest BCUT2D eigenvalue weighted by molar-refractivity contribution is 0.195. The van der Waals surface area contributed by atoms with Gasteiger partial charge in [0.2, 0.25) is 0 Å². The summed E-state index contributed by atoms with van der Waals surface area (Å²) in [5.74, 6) is 0.864. The quantitative estimate of drug-likeness (QED) is 0.868. The van der Waals surface area contributed by atoms with Crippen LogP contribution in [-0.4, -0.2) is 31.4 Å².